The fourth-order valence-corrected chi connectivity index (χ4v) is 4.26. The Morgan fingerprint density at radius 1 is 1.00 bits per heavy atom. The molecule has 0 fully saturated rings. The molecule has 1 aromatic heterocycles. The number of aromatic amines is 1. The molecule has 1 amide bonds. The average molecular weight is 486 g/mol. The number of carbonyl (C=O) groups excluding carboxylic acids is 2. The Kier molecular flexibility index (Phi) is 6.86. The number of rotatable bonds is 9. The van der Waals surface area contributed by atoms with Crippen LogP contribution in [0.4, 0.5) is 5.69 Å². The number of ether oxygens (including phenoxy) is 3. The maximum Gasteiger partial charge on any atom is 0.246 e. The zero-order valence-electron chi connectivity index (χ0n) is 19.9. The van der Waals surface area contributed by atoms with Gasteiger partial charge in [-0.05, 0) is 41.5 Å². The Bertz CT molecular complexity index is 1380. The normalized spacial score (nSPS) is 13.2. The van der Waals surface area contributed by atoms with Gasteiger partial charge in [0.15, 0.2) is 17.3 Å². The van der Waals surface area contributed by atoms with Gasteiger partial charge in [-0.25, -0.2) is 0 Å². The van der Waals surface area contributed by atoms with Crippen molar-refractivity contribution in [3.05, 3.63) is 84.1 Å². The van der Waals surface area contributed by atoms with Gasteiger partial charge in [-0.1, -0.05) is 30.3 Å². The topological polar surface area (TPSA) is 102 Å². The van der Waals surface area contributed by atoms with Crippen molar-refractivity contribution >= 4 is 28.3 Å². The average Bonchev–Trinajstić information content (AvgIpc) is 3.31. The Hall–Kier alpha value is -4.30. The van der Waals surface area contributed by atoms with Crippen LogP contribution in [0.15, 0.2) is 72.9 Å². The molecule has 0 radical (unpaired) electrons. The molecule has 0 saturated heterocycles. The number of H-pyrrole nitrogens is 1. The van der Waals surface area contributed by atoms with E-state index in [2.05, 4.69) is 15.6 Å². The summed E-state index contributed by atoms with van der Waals surface area (Å²) in [7, 11) is 1.59. The maximum absolute atomic E-state index is 13.3. The number of anilines is 1. The molecule has 0 bridgehead atoms. The Labute approximate surface area is 208 Å². The summed E-state index contributed by atoms with van der Waals surface area (Å²) in [6.07, 6.45) is 2.12. The highest BCUT2D eigenvalue weighted by molar-refractivity contribution is 5.96. The van der Waals surface area contributed by atoms with E-state index >= 15 is 0 Å². The minimum absolute atomic E-state index is 0.0228. The number of fused-ring (bicyclic) bond motifs is 2. The van der Waals surface area contributed by atoms with Crippen molar-refractivity contribution in [1.29, 1.82) is 0 Å². The fourth-order valence-electron chi connectivity index (χ4n) is 4.26. The number of amides is 1. The van der Waals surface area contributed by atoms with E-state index in [1.165, 1.54) is 0 Å². The molecule has 3 aromatic carbocycles. The second-order valence-corrected chi connectivity index (χ2v) is 8.51. The molecular weight excluding hydrogens is 458 g/mol. The number of carbonyl (C=O) groups is 2. The third-order valence-corrected chi connectivity index (χ3v) is 6.09. The van der Waals surface area contributed by atoms with E-state index < -0.39 is 6.04 Å². The lowest BCUT2D eigenvalue weighted by Crippen LogP contribution is -2.36. The predicted molar refractivity (Wildman–Crippen MR) is 137 cm³/mol. The Morgan fingerprint density at radius 3 is 2.58 bits per heavy atom. The van der Waals surface area contributed by atoms with Crippen molar-refractivity contribution in [2.45, 2.75) is 12.5 Å². The van der Waals surface area contributed by atoms with Crippen molar-refractivity contribution in [1.82, 2.24) is 10.3 Å². The van der Waals surface area contributed by atoms with Crippen LogP contribution < -0.4 is 24.8 Å². The van der Waals surface area contributed by atoms with Gasteiger partial charge in [-0.15, -0.1) is 0 Å². The highest BCUT2D eigenvalue weighted by atomic mass is 16.6. The molecule has 1 aliphatic rings. The van der Waals surface area contributed by atoms with Crippen LogP contribution in [0.5, 0.6) is 17.2 Å². The van der Waals surface area contributed by atoms with E-state index in [4.69, 9.17) is 14.2 Å². The molecule has 1 atom stereocenters. The summed E-state index contributed by atoms with van der Waals surface area (Å²) in [6.45, 7) is 0.985. The summed E-state index contributed by atoms with van der Waals surface area (Å²) in [5, 5.41) is 7.10. The first-order chi connectivity index (χ1) is 17.6. The minimum Gasteiger partial charge on any atom is -0.497 e. The number of ketones is 1. The van der Waals surface area contributed by atoms with Crippen molar-refractivity contribution in [2.24, 2.45) is 0 Å². The second-order valence-electron chi connectivity index (χ2n) is 8.51. The van der Waals surface area contributed by atoms with Gasteiger partial charge in [-0.2, -0.15) is 0 Å². The SMILES string of the molecule is COc1ccc(C(NCC(=O)Cc2c[nH]c3ccccc23)C(=O)Nc2ccc3c(c2)OCCO3)cc1. The fraction of sp³-hybridized carbons (Fsp3) is 0.214. The number of hydrogen-bond donors (Lipinski definition) is 3. The van der Waals surface area contributed by atoms with Crippen molar-refractivity contribution < 1.29 is 23.8 Å². The van der Waals surface area contributed by atoms with Gasteiger partial charge in [0.1, 0.15) is 25.0 Å². The molecule has 2 heterocycles. The van der Waals surface area contributed by atoms with Crippen LogP contribution in [0.25, 0.3) is 10.9 Å². The molecule has 36 heavy (non-hydrogen) atoms. The molecule has 1 unspecified atom stereocenters. The largest absolute Gasteiger partial charge is 0.497 e. The van der Waals surface area contributed by atoms with Gasteiger partial charge >= 0.3 is 0 Å². The van der Waals surface area contributed by atoms with E-state index in [1.54, 1.807) is 37.4 Å². The van der Waals surface area contributed by atoms with Gasteiger partial charge in [-0.3, -0.25) is 14.9 Å². The lowest BCUT2D eigenvalue weighted by atomic mass is 10.0. The molecule has 3 N–H and O–H groups in total. The lowest BCUT2D eigenvalue weighted by molar-refractivity contribution is -0.119. The van der Waals surface area contributed by atoms with Crippen LogP contribution >= 0.6 is 0 Å². The van der Waals surface area contributed by atoms with Crippen LogP contribution in [-0.2, 0) is 16.0 Å². The molecule has 1 aliphatic heterocycles. The molecule has 0 spiro atoms. The smallest absolute Gasteiger partial charge is 0.246 e. The summed E-state index contributed by atoms with van der Waals surface area (Å²) >= 11 is 0. The zero-order chi connectivity index (χ0) is 24.9. The number of para-hydroxylation sites is 1. The highest BCUT2D eigenvalue weighted by Gasteiger charge is 2.23. The van der Waals surface area contributed by atoms with E-state index in [9.17, 15) is 9.59 Å². The summed E-state index contributed by atoms with van der Waals surface area (Å²) in [5.74, 6) is 1.59. The summed E-state index contributed by atoms with van der Waals surface area (Å²) in [4.78, 5) is 29.4. The Morgan fingerprint density at radius 2 is 1.78 bits per heavy atom. The molecule has 5 rings (SSSR count). The maximum atomic E-state index is 13.3. The van der Waals surface area contributed by atoms with Crippen LogP contribution in [0, 0.1) is 0 Å². The van der Waals surface area contributed by atoms with Gasteiger partial charge in [0.2, 0.25) is 5.91 Å². The van der Waals surface area contributed by atoms with Gasteiger partial charge in [0, 0.05) is 35.3 Å². The Balaban J connectivity index is 1.30. The highest BCUT2D eigenvalue weighted by Crippen LogP contribution is 2.33. The predicted octanol–water partition coefficient (Wildman–Crippen LogP) is 4.03. The van der Waals surface area contributed by atoms with Gasteiger partial charge in [0.05, 0.1) is 13.7 Å². The van der Waals surface area contributed by atoms with Gasteiger partial charge in [0.25, 0.3) is 0 Å². The number of nitrogens with one attached hydrogen (secondary N) is 3. The van der Waals surface area contributed by atoms with Crippen molar-refractivity contribution in [3.8, 4) is 17.2 Å². The summed E-state index contributed by atoms with van der Waals surface area (Å²) in [6, 6.07) is 19.6. The van der Waals surface area contributed by atoms with Crippen LogP contribution in [-0.4, -0.2) is 43.5 Å². The van der Waals surface area contributed by atoms with Gasteiger partial charge < -0.3 is 24.5 Å². The quantitative estimate of drug-likeness (QED) is 0.331. The zero-order valence-corrected chi connectivity index (χ0v) is 19.9. The summed E-state index contributed by atoms with van der Waals surface area (Å²) < 4.78 is 16.4. The first kappa shape index (κ1) is 23.4. The van der Waals surface area contributed by atoms with Crippen molar-refractivity contribution in [3.63, 3.8) is 0 Å². The summed E-state index contributed by atoms with van der Waals surface area (Å²) in [5.41, 5.74) is 3.21. The lowest BCUT2D eigenvalue weighted by Gasteiger charge is -2.21. The third-order valence-electron chi connectivity index (χ3n) is 6.09. The number of methoxy groups -OCH3 is 1. The standard InChI is InChI=1S/C28H27N3O5/c1-34-22-9-6-18(7-10-22)27(28(33)31-20-8-11-25-26(15-20)36-13-12-35-25)30-17-21(32)14-19-16-29-24-5-3-2-4-23(19)24/h2-11,15-16,27,29-30H,12-14,17H2,1H3,(H,31,33). The van der Waals surface area contributed by atoms with Crippen LogP contribution in [0.2, 0.25) is 0 Å². The monoisotopic (exact) mass is 485 g/mol. The number of Topliss-reactive ketones (excluding diaryl/α,β-unsaturated/α-hetero) is 1. The molecular formula is C28H27N3O5. The molecule has 0 aliphatic carbocycles. The number of aromatic nitrogens is 1. The second kappa shape index (κ2) is 10.5. The molecule has 4 aromatic rings. The van der Waals surface area contributed by atoms with Crippen LogP contribution in [0.1, 0.15) is 17.2 Å². The number of benzene rings is 3. The van der Waals surface area contributed by atoms with E-state index in [1.807, 2.05) is 42.6 Å². The van der Waals surface area contributed by atoms with E-state index in [0.29, 0.717) is 41.7 Å². The molecule has 8 heteroatoms. The third kappa shape index (κ3) is 5.18. The number of hydrogen-bond acceptors (Lipinski definition) is 6. The first-order valence-corrected chi connectivity index (χ1v) is 11.8. The van der Waals surface area contributed by atoms with E-state index in [-0.39, 0.29) is 24.7 Å². The molecule has 184 valence electrons. The minimum atomic E-state index is -0.754. The molecule has 0 saturated carbocycles. The van der Waals surface area contributed by atoms with E-state index in [0.717, 1.165) is 16.5 Å². The molecule has 8 nitrogen and oxygen atoms in total. The van der Waals surface area contributed by atoms with Crippen molar-refractivity contribution in [2.75, 3.05) is 32.2 Å². The van der Waals surface area contributed by atoms with Crippen LogP contribution in [0.3, 0.4) is 0 Å². The first-order valence-electron chi connectivity index (χ1n) is 11.8.